The Kier molecular flexibility index (Phi) is 5.47. The molecule has 4 nitrogen and oxygen atoms in total. The molecule has 0 saturated heterocycles. The fourth-order valence-corrected chi connectivity index (χ4v) is 4.64. The van der Waals surface area contributed by atoms with Gasteiger partial charge in [-0.1, -0.05) is 18.2 Å². The Balaban J connectivity index is 1.79. The SMILES string of the molecule is Nc1ccccc1SCCS(=O)(=O)NCc1cccs1. The molecule has 7 heteroatoms. The topological polar surface area (TPSA) is 72.2 Å². The van der Waals surface area contributed by atoms with Gasteiger partial charge in [0.2, 0.25) is 10.0 Å². The number of hydrogen-bond donors (Lipinski definition) is 2. The first kappa shape index (κ1) is 15.4. The lowest BCUT2D eigenvalue weighted by atomic mass is 10.3. The van der Waals surface area contributed by atoms with E-state index in [-0.39, 0.29) is 5.75 Å². The molecule has 0 unspecified atom stereocenters. The molecule has 0 bridgehead atoms. The van der Waals surface area contributed by atoms with Gasteiger partial charge in [0.1, 0.15) is 0 Å². The lowest BCUT2D eigenvalue weighted by Gasteiger charge is -2.07. The van der Waals surface area contributed by atoms with Crippen LogP contribution in [0.15, 0.2) is 46.7 Å². The van der Waals surface area contributed by atoms with E-state index in [1.165, 1.54) is 23.1 Å². The minimum Gasteiger partial charge on any atom is -0.398 e. The number of thioether (sulfide) groups is 1. The average molecular weight is 328 g/mol. The van der Waals surface area contributed by atoms with Crippen LogP contribution < -0.4 is 10.5 Å². The number of nitrogens with one attached hydrogen (secondary N) is 1. The second kappa shape index (κ2) is 7.12. The van der Waals surface area contributed by atoms with Crippen molar-refractivity contribution in [3.63, 3.8) is 0 Å². The Bertz CT molecular complexity index is 639. The highest BCUT2D eigenvalue weighted by Crippen LogP contribution is 2.24. The summed E-state index contributed by atoms with van der Waals surface area (Å²) in [4.78, 5) is 1.93. The van der Waals surface area contributed by atoms with E-state index in [4.69, 9.17) is 5.73 Å². The molecule has 0 aliphatic carbocycles. The Labute approximate surface area is 127 Å². The van der Waals surface area contributed by atoms with E-state index in [2.05, 4.69) is 4.72 Å². The molecular weight excluding hydrogens is 312 g/mol. The van der Waals surface area contributed by atoms with Crippen LogP contribution in [0.1, 0.15) is 4.88 Å². The summed E-state index contributed by atoms with van der Waals surface area (Å²) in [5, 5.41) is 1.93. The number of rotatable bonds is 7. The van der Waals surface area contributed by atoms with Gasteiger partial charge in [-0.15, -0.1) is 23.1 Å². The molecule has 2 aromatic rings. The molecular formula is C13H16N2O2S3. The number of sulfonamides is 1. The maximum Gasteiger partial charge on any atom is 0.212 e. The first-order chi connectivity index (χ1) is 9.57. The van der Waals surface area contributed by atoms with Gasteiger partial charge in [-0.05, 0) is 23.6 Å². The maximum absolute atomic E-state index is 11.8. The smallest absolute Gasteiger partial charge is 0.212 e. The van der Waals surface area contributed by atoms with Crippen molar-refractivity contribution in [3.8, 4) is 0 Å². The van der Waals surface area contributed by atoms with Crippen molar-refractivity contribution in [2.24, 2.45) is 0 Å². The molecule has 3 N–H and O–H groups in total. The molecule has 0 aliphatic rings. The highest BCUT2D eigenvalue weighted by molar-refractivity contribution is 8.00. The summed E-state index contributed by atoms with van der Waals surface area (Å²) in [6.45, 7) is 0.359. The highest BCUT2D eigenvalue weighted by Gasteiger charge is 2.10. The fraction of sp³-hybridized carbons (Fsp3) is 0.231. The fourth-order valence-electron chi connectivity index (χ4n) is 1.54. The zero-order valence-electron chi connectivity index (χ0n) is 10.8. The van der Waals surface area contributed by atoms with Crippen molar-refractivity contribution in [1.82, 2.24) is 4.72 Å². The third kappa shape index (κ3) is 4.82. The van der Waals surface area contributed by atoms with Crippen LogP contribution in [0.4, 0.5) is 5.69 Å². The summed E-state index contributed by atoms with van der Waals surface area (Å²) in [7, 11) is -3.25. The van der Waals surface area contributed by atoms with Gasteiger partial charge in [0.05, 0.1) is 5.75 Å². The number of thiophene rings is 1. The summed E-state index contributed by atoms with van der Waals surface area (Å²) in [5.74, 6) is 0.561. The predicted molar refractivity (Wildman–Crippen MR) is 86.5 cm³/mol. The Hall–Kier alpha value is -1.02. The standard InChI is InChI=1S/C13H16N2O2S3/c14-12-5-1-2-6-13(12)19-8-9-20(16,17)15-10-11-4-3-7-18-11/h1-7,15H,8-10,14H2. The summed E-state index contributed by atoms with van der Waals surface area (Å²) in [6, 6.07) is 11.3. The lowest BCUT2D eigenvalue weighted by molar-refractivity contribution is 0.583. The normalized spacial score (nSPS) is 11.6. The third-order valence-electron chi connectivity index (χ3n) is 2.58. The molecule has 2 rings (SSSR count). The summed E-state index contributed by atoms with van der Waals surface area (Å²) in [5.41, 5.74) is 6.49. The molecule has 0 amide bonds. The largest absolute Gasteiger partial charge is 0.398 e. The van der Waals surface area contributed by atoms with Gasteiger partial charge in [0.15, 0.2) is 0 Å². The third-order valence-corrected chi connectivity index (χ3v) is 6.13. The minimum atomic E-state index is -3.25. The van der Waals surface area contributed by atoms with Gasteiger partial charge in [-0.2, -0.15) is 0 Å². The maximum atomic E-state index is 11.8. The van der Waals surface area contributed by atoms with Crippen molar-refractivity contribution in [3.05, 3.63) is 46.7 Å². The van der Waals surface area contributed by atoms with E-state index in [9.17, 15) is 8.42 Å². The molecule has 0 radical (unpaired) electrons. The number of benzene rings is 1. The number of nitrogen functional groups attached to an aromatic ring is 1. The predicted octanol–water partition coefficient (Wildman–Crippen LogP) is 2.54. The molecule has 0 aliphatic heterocycles. The Morgan fingerprint density at radius 1 is 1.20 bits per heavy atom. The van der Waals surface area contributed by atoms with Crippen LogP contribution in [0.25, 0.3) is 0 Å². The Morgan fingerprint density at radius 2 is 2.00 bits per heavy atom. The molecule has 20 heavy (non-hydrogen) atoms. The summed E-state index contributed by atoms with van der Waals surface area (Å²) < 4.78 is 26.3. The van der Waals surface area contributed by atoms with Crippen molar-refractivity contribution in [2.75, 3.05) is 17.2 Å². The van der Waals surface area contributed by atoms with Gasteiger partial charge in [-0.3, -0.25) is 0 Å². The van der Waals surface area contributed by atoms with E-state index in [1.807, 2.05) is 41.8 Å². The number of anilines is 1. The minimum absolute atomic E-state index is 0.0807. The van der Waals surface area contributed by atoms with Crippen LogP contribution >= 0.6 is 23.1 Å². The van der Waals surface area contributed by atoms with Gasteiger partial charge in [-0.25, -0.2) is 13.1 Å². The zero-order chi connectivity index (χ0) is 14.4. The van der Waals surface area contributed by atoms with Crippen LogP contribution in [-0.4, -0.2) is 19.9 Å². The first-order valence-electron chi connectivity index (χ1n) is 6.04. The second-order valence-corrected chi connectivity index (χ2v) is 8.20. The van der Waals surface area contributed by atoms with Crippen molar-refractivity contribution in [1.29, 1.82) is 0 Å². The molecule has 108 valence electrons. The summed E-state index contributed by atoms with van der Waals surface area (Å²) >= 11 is 2.99. The van der Waals surface area contributed by atoms with E-state index in [0.29, 0.717) is 18.0 Å². The van der Waals surface area contributed by atoms with E-state index >= 15 is 0 Å². The lowest BCUT2D eigenvalue weighted by Crippen LogP contribution is -2.26. The molecule has 0 saturated carbocycles. The van der Waals surface area contributed by atoms with E-state index < -0.39 is 10.0 Å². The first-order valence-corrected chi connectivity index (χ1v) is 9.55. The summed E-state index contributed by atoms with van der Waals surface area (Å²) in [6.07, 6.45) is 0. The Morgan fingerprint density at radius 3 is 2.70 bits per heavy atom. The molecule has 1 aromatic carbocycles. The van der Waals surface area contributed by atoms with E-state index in [1.54, 1.807) is 0 Å². The van der Waals surface area contributed by atoms with Crippen molar-refractivity contribution < 1.29 is 8.42 Å². The van der Waals surface area contributed by atoms with Crippen LogP contribution in [0, 0.1) is 0 Å². The number of nitrogens with two attached hydrogens (primary N) is 1. The van der Waals surface area contributed by atoms with Crippen molar-refractivity contribution >= 4 is 38.8 Å². The number of para-hydroxylation sites is 1. The monoisotopic (exact) mass is 328 g/mol. The van der Waals surface area contributed by atoms with Crippen LogP contribution in [0.2, 0.25) is 0 Å². The molecule has 0 fully saturated rings. The molecule has 0 atom stereocenters. The van der Waals surface area contributed by atoms with Crippen LogP contribution in [-0.2, 0) is 16.6 Å². The molecule has 1 heterocycles. The average Bonchev–Trinajstić information content (AvgIpc) is 2.92. The number of hydrogen-bond acceptors (Lipinski definition) is 5. The van der Waals surface area contributed by atoms with Gasteiger partial charge >= 0.3 is 0 Å². The van der Waals surface area contributed by atoms with Gasteiger partial charge in [0, 0.05) is 27.8 Å². The van der Waals surface area contributed by atoms with Crippen LogP contribution in [0.5, 0.6) is 0 Å². The van der Waals surface area contributed by atoms with Crippen LogP contribution in [0.3, 0.4) is 0 Å². The van der Waals surface area contributed by atoms with Crippen molar-refractivity contribution in [2.45, 2.75) is 11.4 Å². The zero-order valence-corrected chi connectivity index (χ0v) is 13.2. The molecule has 1 aromatic heterocycles. The van der Waals surface area contributed by atoms with Gasteiger partial charge in [0.25, 0.3) is 0 Å². The van der Waals surface area contributed by atoms with E-state index in [0.717, 1.165) is 9.77 Å². The highest BCUT2D eigenvalue weighted by atomic mass is 32.2. The molecule has 0 spiro atoms. The van der Waals surface area contributed by atoms with Gasteiger partial charge < -0.3 is 5.73 Å². The second-order valence-electron chi connectivity index (χ2n) is 4.11. The quantitative estimate of drug-likeness (QED) is 0.605.